The third-order valence-electron chi connectivity index (χ3n) is 2.68. The van der Waals surface area contributed by atoms with E-state index in [1.54, 1.807) is 11.8 Å². The van der Waals surface area contributed by atoms with Gasteiger partial charge in [-0.2, -0.15) is 11.8 Å². The molecule has 0 amide bonds. The van der Waals surface area contributed by atoms with E-state index in [2.05, 4.69) is 0 Å². The van der Waals surface area contributed by atoms with Crippen LogP contribution in [0.15, 0.2) is 0 Å². The van der Waals surface area contributed by atoms with Crippen molar-refractivity contribution < 1.29 is 24.8 Å². The lowest BCUT2D eigenvalue weighted by Gasteiger charge is -2.39. The zero-order valence-electron chi connectivity index (χ0n) is 9.86. The van der Waals surface area contributed by atoms with Crippen LogP contribution in [0.25, 0.3) is 0 Å². The molecule has 0 spiro atoms. The molecule has 6 nitrogen and oxygen atoms in total. The van der Waals surface area contributed by atoms with Gasteiger partial charge in [0.2, 0.25) is 0 Å². The smallest absolute Gasteiger partial charge is 0.186 e. The fraction of sp³-hybridized carbons (Fsp3) is 1.00. The van der Waals surface area contributed by atoms with E-state index >= 15 is 0 Å². The van der Waals surface area contributed by atoms with Gasteiger partial charge in [-0.05, 0) is 18.7 Å². The first kappa shape index (κ1) is 15.2. The molecule has 1 rings (SSSR count). The van der Waals surface area contributed by atoms with Crippen LogP contribution in [0.1, 0.15) is 6.42 Å². The lowest BCUT2D eigenvalue weighted by molar-refractivity contribution is -0.284. The Morgan fingerprint density at radius 1 is 1.24 bits per heavy atom. The van der Waals surface area contributed by atoms with Gasteiger partial charge in [0.1, 0.15) is 18.3 Å². The van der Waals surface area contributed by atoms with Gasteiger partial charge in [0, 0.05) is 12.9 Å². The van der Waals surface area contributed by atoms with Crippen LogP contribution < -0.4 is 5.73 Å². The molecule has 1 heterocycles. The van der Waals surface area contributed by atoms with Crippen LogP contribution >= 0.6 is 11.8 Å². The molecule has 5 atom stereocenters. The minimum absolute atomic E-state index is 0.533. The van der Waals surface area contributed by atoms with E-state index in [0.717, 1.165) is 12.2 Å². The Morgan fingerprint density at radius 2 is 1.94 bits per heavy atom. The molecule has 1 aliphatic rings. The van der Waals surface area contributed by atoms with Crippen molar-refractivity contribution in [3.63, 3.8) is 0 Å². The second kappa shape index (κ2) is 7.52. The van der Waals surface area contributed by atoms with E-state index in [-0.39, 0.29) is 0 Å². The first-order valence-corrected chi connectivity index (χ1v) is 6.77. The summed E-state index contributed by atoms with van der Waals surface area (Å²) in [5.41, 5.74) is 5.37. The van der Waals surface area contributed by atoms with E-state index in [9.17, 15) is 15.3 Å². The molecule has 1 fully saturated rings. The van der Waals surface area contributed by atoms with Crippen molar-refractivity contribution in [2.45, 2.75) is 37.1 Å². The average Bonchev–Trinajstić information content (AvgIpc) is 2.34. The Hall–Kier alpha value is 0.110. The molecule has 7 heteroatoms. The summed E-state index contributed by atoms with van der Waals surface area (Å²) in [7, 11) is 1.39. The van der Waals surface area contributed by atoms with Crippen LogP contribution in [0.3, 0.4) is 0 Å². The normalized spacial score (nSPS) is 38.3. The van der Waals surface area contributed by atoms with Crippen LogP contribution in [0, 0.1) is 0 Å². The summed E-state index contributed by atoms with van der Waals surface area (Å²) in [6.07, 6.45) is -4.10. The fourth-order valence-electron chi connectivity index (χ4n) is 1.63. The molecule has 1 saturated heterocycles. The molecule has 102 valence electrons. The van der Waals surface area contributed by atoms with Gasteiger partial charge in [-0.15, -0.1) is 0 Å². The van der Waals surface area contributed by atoms with Crippen LogP contribution in [0.2, 0.25) is 0 Å². The van der Waals surface area contributed by atoms with Crippen molar-refractivity contribution >= 4 is 11.8 Å². The average molecular weight is 267 g/mol. The summed E-state index contributed by atoms with van der Waals surface area (Å²) in [5, 5.41) is 28.9. The summed E-state index contributed by atoms with van der Waals surface area (Å²) in [4.78, 5) is 0. The van der Waals surface area contributed by atoms with Gasteiger partial charge in [0.05, 0.1) is 6.10 Å². The Morgan fingerprint density at radius 3 is 2.53 bits per heavy atom. The number of nitrogens with two attached hydrogens (primary N) is 1. The van der Waals surface area contributed by atoms with Crippen molar-refractivity contribution in [3.05, 3.63) is 0 Å². The van der Waals surface area contributed by atoms with Gasteiger partial charge < -0.3 is 30.5 Å². The molecule has 0 aromatic rings. The van der Waals surface area contributed by atoms with Gasteiger partial charge >= 0.3 is 0 Å². The van der Waals surface area contributed by atoms with Gasteiger partial charge in [0.15, 0.2) is 6.29 Å². The Labute approximate surface area is 105 Å². The third-order valence-corrected chi connectivity index (χ3v) is 3.82. The predicted octanol–water partition coefficient (Wildman–Crippen LogP) is -1.48. The summed E-state index contributed by atoms with van der Waals surface area (Å²) in [5.74, 6) is 1.41. The van der Waals surface area contributed by atoms with E-state index < -0.39 is 30.7 Å². The lowest BCUT2D eigenvalue weighted by Crippen LogP contribution is -2.58. The highest BCUT2D eigenvalue weighted by atomic mass is 32.2. The van der Waals surface area contributed by atoms with Crippen LogP contribution in [0.4, 0.5) is 0 Å². The maximum atomic E-state index is 9.75. The SMILES string of the molecule is CO[C@H]1O[C@H](CSCCCN)[C@@H](O)[C@H](O)[C@H]1O. The zero-order chi connectivity index (χ0) is 12.8. The predicted molar refractivity (Wildman–Crippen MR) is 64.7 cm³/mol. The molecular formula is C10H21NO5S. The minimum atomic E-state index is -1.24. The standard InChI is InChI=1S/C10H21NO5S/c1-15-10-9(14)8(13)7(12)6(16-10)5-17-4-2-3-11/h6-10,12-14H,2-5,11H2,1H3/t6-,7-,8+,9-,10+/m1/s1. The molecular weight excluding hydrogens is 246 g/mol. The molecule has 0 radical (unpaired) electrons. The fourth-order valence-corrected chi connectivity index (χ4v) is 2.68. The van der Waals surface area contributed by atoms with Crippen molar-refractivity contribution in [1.29, 1.82) is 0 Å². The van der Waals surface area contributed by atoms with Crippen LogP contribution in [0.5, 0.6) is 0 Å². The minimum Gasteiger partial charge on any atom is -0.388 e. The van der Waals surface area contributed by atoms with Crippen molar-refractivity contribution in [3.8, 4) is 0 Å². The number of ether oxygens (including phenoxy) is 2. The first-order chi connectivity index (χ1) is 8.11. The summed E-state index contributed by atoms with van der Waals surface area (Å²) in [6, 6.07) is 0. The van der Waals surface area contributed by atoms with E-state index in [4.69, 9.17) is 15.2 Å². The summed E-state index contributed by atoms with van der Waals surface area (Å²) < 4.78 is 10.3. The number of hydrogen-bond donors (Lipinski definition) is 4. The molecule has 0 aromatic heterocycles. The maximum Gasteiger partial charge on any atom is 0.186 e. The number of hydrogen-bond acceptors (Lipinski definition) is 7. The molecule has 17 heavy (non-hydrogen) atoms. The monoisotopic (exact) mass is 267 g/mol. The largest absolute Gasteiger partial charge is 0.388 e. The molecule has 0 unspecified atom stereocenters. The van der Waals surface area contributed by atoms with E-state index in [0.29, 0.717) is 12.3 Å². The first-order valence-electron chi connectivity index (χ1n) is 5.62. The highest BCUT2D eigenvalue weighted by molar-refractivity contribution is 7.99. The van der Waals surface area contributed by atoms with Crippen molar-refractivity contribution in [1.82, 2.24) is 0 Å². The zero-order valence-corrected chi connectivity index (χ0v) is 10.7. The quantitative estimate of drug-likeness (QED) is 0.435. The highest BCUT2D eigenvalue weighted by Crippen LogP contribution is 2.24. The van der Waals surface area contributed by atoms with Gasteiger partial charge in [0.25, 0.3) is 0 Å². The number of aliphatic hydroxyl groups is 3. The number of methoxy groups -OCH3 is 1. The van der Waals surface area contributed by atoms with E-state index in [1.807, 2.05) is 0 Å². The van der Waals surface area contributed by atoms with Crippen LogP contribution in [-0.4, -0.2) is 71.2 Å². The van der Waals surface area contributed by atoms with E-state index in [1.165, 1.54) is 7.11 Å². The third kappa shape index (κ3) is 4.06. The molecule has 0 aliphatic carbocycles. The van der Waals surface area contributed by atoms with Crippen molar-refractivity contribution in [2.24, 2.45) is 5.73 Å². The highest BCUT2D eigenvalue weighted by Gasteiger charge is 2.43. The van der Waals surface area contributed by atoms with Gasteiger partial charge in [-0.1, -0.05) is 0 Å². The maximum absolute atomic E-state index is 9.75. The second-order valence-corrected chi connectivity index (χ2v) is 5.12. The van der Waals surface area contributed by atoms with Crippen molar-refractivity contribution in [2.75, 3.05) is 25.2 Å². The second-order valence-electron chi connectivity index (χ2n) is 3.97. The number of rotatable bonds is 6. The molecule has 1 aliphatic heterocycles. The summed E-state index contributed by atoms with van der Waals surface area (Å²) in [6.45, 7) is 0.628. The molecule has 0 bridgehead atoms. The Bertz CT molecular complexity index is 219. The Kier molecular flexibility index (Phi) is 6.71. The topological polar surface area (TPSA) is 105 Å². The molecule has 0 aromatic carbocycles. The number of thioether (sulfide) groups is 1. The van der Waals surface area contributed by atoms with Gasteiger partial charge in [-0.25, -0.2) is 0 Å². The molecule has 5 N–H and O–H groups in total. The summed E-state index contributed by atoms with van der Waals surface area (Å²) >= 11 is 1.59. The lowest BCUT2D eigenvalue weighted by atomic mass is 10.00. The van der Waals surface area contributed by atoms with Gasteiger partial charge in [-0.3, -0.25) is 0 Å². The van der Waals surface area contributed by atoms with Crippen LogP contribution in [-0.2, 0) is 9.47 Å². The number of aliphatic hydroxyl groups excluding tert-OH is 3. The molecule has 0 saturated carbocycles. The Balaban J connectivity index is 2.42.